The molecule has 5 aromatic carbocycles. The molecule has 0 saturated carbocycles. The van der Waals surface area contributed by atoms with Crippen molar-refractivity contribution in [2.45, 2.75) is 20.3 Å². The van der Waals surface area contributed by atoms with Crippen LogP contribution in [-0.4, -0.2) is 6.71 Å². The van der Waals surface area contributed by atoms with Crippen LogP contribution in [0.25, 0.3) is 21.8 Å². The van der Waals surface area contributed by atoms with E-state index < -0.39 is 0 Å². The molecule has 164 valence electrons. The molecule has 0 unspecified atom stereocenters. The summed E-state index contributed by atoms with van der Waals surface area (Å²) in [7, 11) is 0. The van der Waals surface area contributed by atoms with Crippen molar-refractivity contribution in [1.29, 1.82) is 0 Å². The standard InChI is InChI=1S/C33H29B/c1-3-32(27-13-6-4-7-14-27)33(29-21-20-26-12-10-11-15-28(26)24-29)34(30-16-8-5-9-17-30)31-22-18-25(2)19-23-31/h4-24H,3H2,1-2H3/b33-32+. The summed E-state index contributed by atoms with van der Waals surface area (Å²) in [6.07, 6.45) is 0.960. The zero-order valence-electron chi connectivity index (χ0n) is 19.9. The second-order valence-corrected chi connectivity index (χ2v) is 8.93. The van der Waals surface area contributed by atoms with E-state index in [-0.39, 0.29) is 6.71 Å². The summed E-state index contributed by atoms with van der Waals surface area (Å²) < 4.78 is 0. The molecule has 0 saturated heterocycles. The molecule has 0 atom stereocenters. The third-order valence-corrected chi connectivity index (χ3v) is 6.69. The molecule has 0 spiro atoms. The highest BCUT2D eigenvalue weighted by molar-refractivity contribution is 7.00. The van der Waals surface area contributed by atoms with Crippen molar-refractivity contribution >= 4 is 39.5 Å². The van der Waals surface area contributed by atoms with Gasteiger partial charge in [-0.2, -0.15) is 0 Å². The number of hydrogen-bond acceptors (Lipinski definition) is 0. The van der Waals surface area contributed by atoms with E-state index in [4.69, 9.17) is 0 Å². The molecule has 5 aromatic rings. The summed E-state index contributed by atoms with van der Waals surface area (Å²) in [6.45, 7) is 4.57. The van der Waals surface area contributed by atoms with Gasteiger partial charge in [0, 0.05) is 0 Å². The Morgan fingerprint density at radius 1 is 0.559 bits per heavy atom. The van der Waals surface area contributed by atoms with Gasteiger partial charge in [-0.15, -0.1) is 0 Å². The molecule has 34 heavy (non-hydrogen) atoms. The molecule has 0 aromatic heterocycles. The lowest BCUT2D eigenvalue weighted by Gasteiger charge is -2.24. The minimum Gasteiger partial charge on any atom is -0.0686 e. The lowest BCUT2D eigenvalue weighted by atomic mass is 9.34. The van der Waals surface area contributed by atoms with Crippen LogP contribution in [0.4, 0.5) is 0 Å². The van der Waals surface area contributed by atoms with Gasteiger partial charge in [0.25, 0.3) is 0 Å². The third kappa shape index (κ3) is 4.47. The molecule has 0 nitrogen and oxygen atoms in total. The molecule has 0 heterocycles. The van der Waals surface area contributed by atoms with Gasteiger partial charge in [0.2, 0.25) is 6.71 Å². The Bertz CT molecular complexity index is 1410. The zero-order chi connectivity index (χ0) is 23.3. The summed E-state index contributed by atoms with van der Waals surface area (Å²) >= 11 is 0. The van der Waals surface area contributed by atoms with Gasteiger partial charge in [-0.3, -0.25) is 0 Å². The molecule has 0 amide bonds. The number of benzene rings is 5. The van der Waals surface area contributed by atoms with Crippen LogP contribution in [0.3, 0.4) is 0 Å². The van der Waals surface area contributed by atoms with E-state index in [2.05, 4.69) is 141 Å². The van der Waals surface area contributed by atoms with E-state index in [1.807, 2.05) is 0 Å². The first-order valence-electron chi connectivity index (χ1n) is 12.1. The second-order valence-electron chi connectivity index (χ2n) is 8.93. The highest BCUT2D eigenvalue weighted by atomic mass is 14.1. The maximum Gasteiger partial charge on any atom is 0.242 e. The second kappa shape index (κ2) is 9.97. The first-order valence-corrected chi connectivity index (χ1v) is 12.1. The zero-order valence-corrected chi connectivity index (χ0v) is 19.9. The molecule has 0 fully saturated rings. The van der Waals surface area contributed by atoms with Gasteiger partial charge >= 0.3 is 0 Å². The predicted octanol–water partition coefficient (Wildman–Crippen LogP) is 7.32. The fourth-order valence-electron chi connectivity index (χ4n) is 4.99. The van der Waals surface area contributed by atoms with E-state index >= 15 is 0 Å². The smallest absolute Gasteiger partial charge is 0.0686 e. The van der Waals surface area contributed by atoms with Crippen LogP contribution in [0.2, 0.25) is 0 Å². The van der Waals surface area contributed by atoms with Crippen LogP contribution in [0.15, 0.2) is 127 Å². The number of allylic oxidation sites excluding steroid dienone is 1. The third-order valence-electron chi connectivity index (χ3n) is 6.69. The van der Waals surface area contributed by atoms with Crippen molar-refractivity contribution in [2.75, 3.05) is 0 Å². The van der Waals surface area contributed by atoms with Crippen LogP contribution in [0, 0.1) is 6.92 Å². The van der Waals surface area contributed by atoms with Crippen molar-refractivity contribution in [2.24, 2.45) is 0 Å². The average molecular weight is 436 g/mol. The topological polar surface area (TPSA) is 0 Å². The van der Waals surface area contributed by atoms with Crippen molar-refractivity contribution in [3.63, 3.8) is 0 Å². The summed E-state index contributed by atoms with van der Waals surface area (Å²) in [6, 6.07) is 46.5. The summed E-state index contributed by atoms with van der Waals surface area (Å²) in [5.41, 5.74) is 9.28. The van der Waals surface area contributed by atoms with Gasteiger partial charge in [0.05, 0.1) is 0 Å². The predicted molar refractivity (Wildman–Crippen MR) is 150 cm³/mol. The Balaban J connectivity index is 1.84. The summed E-state index contributed by atoms with van der Waals surface area (Å²) in [5, 5.41) is 2.55. The van der Waals surface area contributed by atoms with Gasteiger partial charge in [0.15, 0.2) is 0 Å². The number of fused-ring (bicyclic) bond motifs is 1. The summed E-state index contributed by atoms with van der Waals surface area (Å²) in [4.78, 5) is 0. The van der Waals surface area contributed by atoms with Crippen LogP contribution >= 0.6 is 0 Å². The van der Waals surface area contributed by atoms with Crippen LogP contribution in [0.5, 0.6) is 0 Å². The molecule has 0 aliphatic heterocycles. The molecule has 5 rings (SSSR count). The Labute approximate surface area is 203 Å². The Morgan fingerprint density at radius 3 is 1.82 bits per heavy atom. The Kier molecular flexibility index (Phi) is 6.45. The van der Waals surface area contributed by atoms with Gasteiger partial charge < -0.3 is 0 Å². The molecule has 0 bridgehead atoms. The maximum atomic E-state index is 2.37. The fraction of sp³-hybridized carbons (Fsp3) is 0.0909. The lowest BCUT2D eigenvalue weighted by Crippen LogP contribution is -2.44. The van der Waals surface area contributed by atoms with Crippen LogP contribution < -0.4 is 10.9 Å². The van der Waals surface area contributed by atoms with Gasteiger partial charge in [0.1, 0.15) is 0 Å². The minimum atomic E-state index is 0.137. The number of aryl methyl sites for hydroxylation is 1. The van der Waals surface area contributed by atoms with Crippen molar-refractivity contribution in [1.82, 2.24) is 0 Å². The highest BCUT2D eigenvalue weighted by Crippen LogP contribution is 2.32. The average Bonchev–Trinajstić information content (AvgIpc) is 2.90. The lowest BCUT2D eigenvalue weighted by molar-refractivity contribution is 1.24. The largest absolute Gasteiger partial charge is 0.242 e. The van der Waals surface area contributed by atoms with E-state index in [1.54, 1.807) is 0 Å². The van der Waals surface area contributed by atoms with Crippen LogP contribution in [0.1, 0.15) is 30.0 Å². The van der Waals surface area contributed by atoms with E-state index in [0.717, 1.165) is 6.42 Å². The molecule has 1 heteroatoms. The monoisotopic (exact) mass is 436 g/mol. The Morgan fingerprint density at radius 2 is 1.15 bits per heavy atom. The highest BCUT2D eigenvalue weighted by Gasteiger charge is 2.28. The molecule has 0 N–H and O–H groups in total. The molecule has 0 aliphatic carbocycles. The van der Waals surface area contributed by atoms with Gasteiger partial charge in [-0.1, -0.05) is 150 Å². The van der Waals surface area contributed by atoms with Crippen molar-refractivity contribution in [3.8, 4) is 0 Å². The Hall–Kier alpha value is -3.84. The molecular formula is C33H29B. The first kappa shape index (κ1) is 22.0. The molecule has 0 radical (unpaired) electrons. The number of hydrogen-bond donors (Lipinski definition) is 0. The molecule has 0 aliphatic rings. The van der Waals surface area contributed by atoms with E-state index in [1.165, 1.54) is 49.4 Å². The molecular weight excluding hydrogens is 407 g/mol. The van der Waals surface area contributed by atoms with Crippen molar-refractivity contribution < 1.29 is 0 Å². The van der Waals surface area contributed by atoms with Gasteiger partial charge in [-0.25, -0.2) is 0 Å². The summed E-state index contributed by atoms with van der Waals surface area (Å²) in [5.74, 6) is 0. The quantitative estimate of drug-likeness (QED) is 0.193. The van der Waals surface area contributed by atoms with E-state index in [0.29, 0.717) is 0 Å². The SMILES string of the molecule is CC/C(=C(\B(c1ccccc1)c1ccc(C)cc1)c1ccc2ccccc2c1)c1ccccc1. The van der Waals surface area contributed by atoms with E-state index in [9.17, 15) is 0 Å². The minimum absolute atomic E-state index is 0.137. The first-order chi connectivity index (χ1) is 16.7. The fourth-order valence-corrected chi connectivity index (χ4v) is 4.99. The number of rotatable bonds is 6. The normalized spacial score (nSPS) is 11.8. The van der Waals surface area contributed by atoms with Crippen LogP contribution in [-0.2, 0) is 0 Å². The maximum absolute atomic E-state index is 2.37. The van der Waals surface area contributed by atoms with Crippen molar-refractivity contribution in [3.05, 3.63) is 144 Å². The van der Waals surface area contributed by atoms with Gasteiger partial charge in [-0.05, 0) is 46.9 Å².